The predicted octanol–water partition coefficient (Wildman–Crippen LogP) is 4.54. The van der Waals surface area contributed by atoms with Gasteiger partial charge in [0.2, 0.25) is 0 Å². The first-order chi connectivity index (χ1) is 14.4. The van der Waals surface area contributed by atoms with E-state index in [4.69, 9.17) is 4.18 Å². The number of hydroxylamine groups is 1. The molecule has 0 aliphatic carbocycles. The second-order valence-electron chi connectivity index (χ2n) is 6.88. The van der Waals surface area contributed by atoms with Gasteiger partial charge in [0.1, 0.15) is 0 Å². The van der Waals surface area contributed by atoms with Gasteiger partial charge in [0.05, 0.1) is 11.5 Å². The highest BCUT2D eigenvalue weighted by molar-refractivity contribution is 7.90. The van der Waals surface area contributed by atoms with Gasteiger partial charge in [-0.2, -0.15) is 21.6 Å². The van der Waals surface area contributed by atoms with Crippen LogP contribution in [0.4, 0.5) is 13.2 Å². The van der Waals surface area contributed by atoms with Crippen molar-refractivity contribution in [1.29, 1.82) is 0 Å². The second kappa shape index (κ2) is 10.7. The number of nitrogens with zero attached hydrogens (tertiary/aromatic N) is 1. The summed E-state index contributed by atoms with van der Waals surface area (Å²) in [5, 5.41) is 12.8. The maximum Gasteiger partial charge on any atom is 0.510 e. The molecule has 31 heavy (non-hydrogen) atoms. The molecule has 0 unspecified atom stereocenters. The van der Waals surface area contributed by atoms with Gasteiger partial charge in [-0.3, -0.25) is 8.65 Å². The summed E-state index contributed by atoms with van der Waals surface area (Å²) in [7, 11) is -9.70. The summed E-state index contributed by atoms with van der Waals surface area (Å²) in [6.45, 7) is -0.762. The maximum absolute atomic E-state index is 12.3. The van der Waals surface area contributed by atoms with E-state index in [1.807, 2.05) is 18.2 Å². The highest BCUT2D eigenvalue weighted by Crippen LogP contribution is 2.26. The van der Waals surface area contributed by atoms with Crippen LogP contribution in [-0.4, -0.2) is 40.0 Å². The van der Waals surface area contributed by atoms with E-state index >= 15 is 0 Å². The minimum Gasteiger partial charge on any atom is -0.772 e. The molecule has 12 heteroatoms. The van der Waals surface area contributed by atoms with Crippen molar-refractivity contribution in [1.82, 2.24) is 4.47 Å². The Labute approximate surface area is 179 Å². The van der Waals surface area contributed by atoms with Crippen molar-refractivity contribution in [2.24, 2.45) is 0 Å². The molecule has 0 heterocycles. The van der Waals surface area contributed by atoms with E-state index < -0.39 is 36.7 Å². The Bertz CT molecular complexity index is 1070. The van der Waals surface area contributed by atoms with E-state index in [1.165, 1.54) is 6.07 Å². The van der Waals surface area contributed by atoms with E-state index in [1.54, 1.807) is 18.2 Å². The number of benzene rings is 2. The third-order valence-corrected chi connectivity index (χ3v) is 7.16. The summed E-state index contributed by atoms with van der Waals surface area (Å²) < 4.78 is 87.0. The van der Waals surface area contributed by atoms with Crippen LogP contribution in [0.2, 0.25) is 0 Å². The van der Waals surface area contributed by atoms with Crippen LogP contribution in [-0.2, 0) is 24.3 Å². The van der Waals surface area contributed by atoms with Crippen molar-refractivity contribution in [3.05, 3.63) is 47.7 Å². The van der Waals surface area contributed by atoms with E-state index in [2.05, 4.69) is 0 Å². The van der Waals surface area contributed by atoms with Crippen molar-refractivity contribution in [3.63, 3.8) is 0 Å². The first-order valence-electron chi connectivity index (χ1n) is 9.59. The van der Waals surface area contributed by atoms with Crippen LogP contribution in [0.15, 0.2) is 47.4 Å². The fourth-order valence-corrected chi connectivity index (χ4v) is 4.43. The van der Waals surface area contributed by atoms with Crippen LogP contribution < -0.4 is 0 Å². The van der Waals surface area contributed by atoms with Crippen molar-refractivity contribution < 1.29 is 34.2 Å². The van der Waals surface area contributed by atoms with Gasteiger partial charge in [0.15, 0.2) is 0 Å². The molecule has 0 aromatic heterocycles. The van der Waals surface area contributed by atoms with Gasteiger partial charge in [0, 0.05) is 6.54 Å². The highest BCUT2D eigenvalue weighted by Gasteiger charge is 2.46. The molecule has 0 saturated heterocycles. The average molecular weight is 483 g/mol. The number of hydrogen-bond donors (Lipinski definition) is 0. The number of fused-ring (bicyclic) bond motifs is 1. The zero-order valence-corrected chi connectivity index (χ0v) is 18.2. The molecule has 0 spiro atoms. The van der Waals surface area contributed by atoms with E-state index in [9.17, 15) is 35.2 Å². The summed E-state index contributed by atoms with van der Waals surface area (Å²) >= 11 is 0. The third kappa shape index (κ3) is 7.14. The van der Waals surface area contributed by atoms with Crippen LogP contribution in [0.25, 0.3) is 10.8 Å². The lowest BCUT2D eigenvalue weighted by Crippen LogP contribution is -2.37. The quantitative estimate of drug-likeness (QED) is 0.250. The van der Waals surface area contributed by atoms with Gasteiger partial charge in [-0.1, -0.05) is 56.0 Å². The Balaban J connectivity index is 1.63. The number of halogens is 3. The first kappa shape index (κ1) is 25.5. The number of rotatable bonds is 12. The molecule has 0 atom stereocenters. The Morgan fingerprint density at radius 3 is 2.06 bits per heavy atom. The molecule has 2 rings (SSSR count). The molecular weight excluding hydrogens is 459 g/mol. The molecule has 0 fully saturated rings. The zero-order chi connectivity index (χ0) is 23.1. The Kier molecular flexibility index (Phi) is 8.83. The van der Waals surface area contributed by atoms with Crippen LogP contribution in [0.3, 0.4) is 0 Å². The fraction of sp³-hybridized carbons (Fsp3) is 0.474. The summed E-state index contributed by atoms with van der Waals surface area (Å²) in [6, 6.07) is 12.1. The minimum absolute atomic E-state index is 0.00561. The topological polar surface area (TPSA) is 104 Å². The molecule has 0 saturated carbocycles. The molecule has 0 bridgehead atoms. The molecule has 0 aliphatic rings. The SMILES string of the molecule is O=S(=O)(OCCCCCCCCN([O-])S(=O)(=O)C(F)(F)F)c1ccc2ccccc2c1. The molecule has 7 nitrogen and oxygen atoms in total. The third-order valence-electron chi connectivity index (χ3n) is 4.54. The molecule has 2 aromatic carbocycles. The largest absolute Gasteiger partial charge is 0.772 e. The molecule has 0 aliphatic heterocycles. The van der Waals surface area contributed by atoms with Crippen molar-refractivity contribution in [3.8, 4) is 0 Å². The van der Waals surface area contributed by atoms with Crippen LogP contribution in [0, 0.1) is 5.21 Å². The maximum atomic E-state index is 12.3. The van der Waals surface area contributed by atoms with Gasteiger partial charge >= 0.3 is 15.5 Å². The molecule has 0 N–H and O–H groups in total. The van der Waals surface area contributed by atoms with E-state index in [0.717, 1.165) is 10.8 Å². The molecule has 0 radical (unpaired) electrons. The van der Waals surface area contributed by atoms with E-state index in [-0.39, 0.29) is 17.9 Å². The van der Waals surface area contributed by atoms with Gasteiger partial charge in [-0.25, -0.2) is 8.42 Å². The number of unbranched alkanes of at least 4 members (excludes halogenated alkanes) is 5. The molecule has 174 valence electrons. The molecular formula is C19H23F3NO6S2-. The summed E-state index contributed by atoms with van der Waals surface area (Å²) in [5.41, 5.74) is -5.60. The Morgan fingerprint density at radius 2 is 1.42 bits per heavy atom. The highest BCUT2D eigenvalue weighted by atomic mass is 32.2. The summed E-state index contributed by atoms with van der Waals surface area (Å²) in [4.78, 5) is 0.0715. The Hall–Kier alpha value is -1.73. The Morgan fingerprint density at radius 1 is 0.839 bits per heavy atom. The van der Waals surface area contributed by atoms with Crippen molar-refractivity contribution in [2.75, 3.05) is 13.2 Å². The standard InChI is InChI=1S/C19H23F3NO6S2/c20-19(21,22)31(27,28)23(24)13-7-3-1-2-4-8-14-29-30(25,26)18-12-11-16-9-5-6-10-17(16)15-18/h5-6,9-12,15H,1-4,7-8,13-14H2/q-1. The molecule has 0 amide bonds. The van der Waals surface area contributed by atoms with Gasteiger partial charge in [-0.05, 0) is 35.7 Å². The zero-order valence-electron chi connectivity index (χ0n) is 16.5. The van der Waals surface area contributed by atoms with Crippen molar-refractivity contribution >= 4 is 30.9 Å². The van der Waals surface area contributed by atoms with Crippen molar-refractivity contribution in [2.45, 2.75) is 48.9 Å². The lowest BCUT2D eigenvalue weighted by molar-refractivity contribution is -0.0477. The number of sulfonamides is 1. The average Bonchev–Trinajstić information content (AvgIpc) is 2.71. The van der Waals surface area contributed by atoms with Gasteiger partial charge < -0.3 is 5.21 Å². The van der Waals surface area contributed by atoms with Crippen LogP contribution in [0.1, 0.15) is 38.5 Å². The van der Waals surface area contributed by atoms with E-state index in [0.29, 0.717) is 32.1 Å². The smallest absolute Gasteiger partial charge is 0.510 e. The normalized spacial score (nSPS) is 13.2. The molecule has 2 aromatic rings. The predicted molar refractivity (Wildman–Crippen MR) is 110 cm³/mol. The second-order valence-corrected chi connectivity index (χ2v) is 10.3. The van der Waals surface area contributed by atoms with Gasteiger partial charge in [0.25, 0.3) is 10.1 Å². The summed E-state index contributed by atoms with van der Waals surface area (Å²) in [5.74, 6) is 0. The fourth-order valence-electron chi connectivity index (χ4n) is 2.85. The first-order valence-corrected chi connectivity index (χ1v) is 12.4. The summed E-state index contributed by atoms with van der Waals surface area (Å²) in [6.07, 6.45) is 2.67. The number of alkyl halides is 3. The van der Waals surface area contributed by atoms with Crippen LogP contribution >= 0.6 is 0 Å². The monoisotopic (exact) mass is 482 g/mol. The lowest BCUT2D eigenvalue weighted by atomic mass is 10.1. The van der Waals surface area contributed by atoms with Gasteiger partial charge in [-0.15, -0.1) is 0 Å². The number of hydrogen-bond acceptors (Lipinski definition) is 6. The lowest BCUT2D eigenvalue weighted by Gasteiger charge is -2.27. The van der Waals surface area contributed by atoms with Crippen LogP contribution in [0.5, 0.6) is 0 Å². The minimum atomic E-state index is -5.83.